The molecule has 0 atom stereocenters. The summed E-state index contributed by atoms with van der Waals surface area (Å²) in [7, 11) is 0. The minimum absolute atomic E-state index is 0.122. The van der Waals surface area contributed by atoms with Gasteiger partial charge in [0.1, 0.15) is 5.60 Å². The van der Waals surface area contributed by atoms with Crippen LogP contribution < -0.4 is 16.0 Å². The van der Waals surface area contributed by atoms with Crippen molar-refractivity contribution < 1.29 is 27.9 Å². The molecule has 0 spiro atoms. The highest BCUT2D eigenvalue weighted by Crippen LogP contribution is 2.23. The van der Waals surface area contributed by atoms with Crippen molar-refractivity contribution >= 4 is 35.1 Å². The molecule has 44 heavy (non-hydrogen) atoms. The van der Waals surface area contributed by atoms with Gasteiger partial charge in [0.15, 0.2) is 11.6 Å². The van der Waals surface area contributed by atoms with Crippen molar-refractivity contribution in [3.63, 3.8) is 0 Å². The van der Waals surface area contributed by atoms with Gasteiger partial charge in [-0.25, -0.2) is 18.4 Å². The SMILES string of the molecule is CC(C)(C)OC(=O)Nc1ccccc1NC(=O)c1ccc(CN(CCc2ccncc2)C(=O)Nc2ccc(F)c(F)c2)cc1. The molecule has 0 bridgehead atoms. The number of hydrogen-bond donors (Lipinski definition) is 3. The summed E-state index contributed by atoms with van der Waals surface area (Å²) >= 11 is 0. The van der Waals surface area contributed by atoms with Crippen LogP contribution >= 0.6 is 0 Å². The number of pyridine rings is 1. The van der Waals surface area contributed by atoms with E-state index in [0.717, 1.165) is 23.3 Å². The fraction of sp³-hybridized carbons (Fsp3) is 0.212. The maximum Gasteiger partial charge on any atom is 0.412 e. The number of nitrogens with zero attached hydrogens (tertiary/aromatic N) is 2. The van der Waals surface area contributed by atoms with Gasteiger partial charge in [0.2, 0.25) is 0 Å². The van der Waals surface area contributed by atoms with Crippen molar-refractivity contribution in [2.75, 3.05) is 22.5 Å². The molecular weight excluding hydrogens is 568 g/mol. The number of carbonyl (C=O) groups is 3. The average Bonchev–Trinajstić information content (AvgIpc) is 2.98. The molecule has 3 aromatic carbocycles. The van der Waals surface area contributed by atoms with Gasteiger partial charge in [-0.05, 0) is 86.8 Å². The van der Waals surface area contributed by atoms with Gasteiger partial charge in [0.25, 0.3) is 5.91 Å². The van der Waals surface area contributed by atoms with Crippen LogP contribution in [0.1, 0.15) is 42.3 Å². The van der Waals surface area contributed by atoms with Crippen LogP contribution in [0.25, 0.3) is 0 Å². The number of aromatic nitrogens is 1. The molecule has 0 radical (unpaired) electrons. The number of para-hydroxylation sites is 2. The van der Waals surface area contributed by atoms with Gasteiger partial charge in [-0.1, -0.05) is 24.3 Å². The van der Waals surface area contributed by atoms with Crippen LogP contribution in [0, 0.1) is 11.6 Å². The van der Waals surface area contributed by atoms with Crippen molar-refractivity contribution in [1.29, 1.82) is 0 Å². The number of nitrogens with one attached hydrogen (secondary N) is 3. The van der Waals surface area contributed by atoms with Crippen LogP contribution in [0.3, 0.4) is 0 Å². The smallest absolute Gasteiger partial charge is 0.412 e. The van der Waals surface area contributed by atoms with Crippen LogP contribution in [0.2, 0.25) is 0 Å². The standard InChI is InChI=1S/C33H33F2N5O4/c1-33(2,3)44-32(43)39-29-7-5-4-6-28(29)38-30(41)24-10-8-23(9-11-24)21-40(19-16-22-14-17-36-18-15-22)31(42)37-25-12-13-26(34)27(35)20-25/h4-15,17-18,20H,16,19,21H2,1-3H3,(H,37,42)(H,38,41)(H,39,43). The van der Waals surface area contributed by atoms with Crippen molar-refractivity contribution in [2.45, 2.75) is 39.3 Å². The van der Waals surface area contributed by atoms with Gasteiger partial charge in [-0.3, -0.25) is 15.1 Å². The first-order valence-corrected chi connectivity index (χ1v) is 13.9. The molecule has 228 valence electrons. The molecule has 0 aliphatic carbocycles. The van der Waals surface area contributed by atoms with E-state index < -0.39 is 35.3 Å². The molecule has 0 fully saturated rings. The second-order valence-corrected chi connectivity index (χ2v) is 10.9. The van der Waals surface area contributed by atoms with E-state index in [9.17, 15) is 23.2 Å². The summed E-state index contributed by atoms with van der Waals surface area (Å²) in [6, 6.07) is 19.8. The molecule has 0 unspecified atom stereocenters. The maximum absolute atomic E-state index is 13.7. The Balaban J connectivity index is 1.44. The Bertz CT molecular complexity index is 1610. The minimum Gasteiger partial charge on any atom is -0.444 e. The number of hydrogen-bond acceptors (Lipinski definition) is 5. The Hall–Kier alpha value is -5.32. The van der Waals surface area contributed by atoms with Crippen LogP contribution in [-0.2, 0) is 17.7 Å². The summed E-state index contributed by atoms with van der Waals surface area (Å²) in [6.07, 6.45) is 3.21. The van der Waals surface area contributed by atoms with E-state index in [1.165, 1.54) is 11.0 Å². The predicted octanol–water partition coefficient (Wildman–Crippen LogP) is 7.24. The Morgan fingerprint density at radius 3 is 2.09 bits per heavy atom. The number of anilines is 3. The lowest BCUT2D eigenvalue weighted by Gasteiger charge is -2.23. The van der Waals surface area contributed by atoms with Gasteiger partial charge in [-0.2, -0.15) is 0 Å². The van der Waals surface area contributed by atoms with E-state index in [1.54, 1.807) is 81.7 Å². The second-order valence-electron chi connectivity index (χ2n) is 10.9. The zero-order valence-corrected chi connectivity index (χ0v) is 24.6. The molecule has 0 saturated heterocycles. The van der Waals surface area contributed by atoms with Crippen molar-refractivity contribution in [2.24, 2.45) is 0 Å². The lowest BCUT2D eigenvalue weighted by molar-refractivity contribution is 0.0635. The summed E-state index contributed by atoms with van der Waals surface area (Å²) in [5, 5.41) is 8.07. The minimum atomic E-state index is -1.07. The van der Waals surface area contributed by atoms with Crippen LogP contribution in [-0.4, -0.2) is 40.1 Å². The first-order valence-electron chi connectivity index (χ1n) is 13.9. The molecule has 0 saturated carbocycles. The van der Waals surface area contributed by atoms with Gasteiger partial charge >= 0.3 is 12.1 Å². The monoisotopic (exact) mass is 601 g/mol. The largest absolute Gasteiger partial charge is 0.444 e. The van der Waals surface area contributed by atoms with Crippen LogP contribution in [0.4, 0.5) is 35.4 Å². The molecular formula is C33H33F2N5O4. The lowest BCUT2D eigenvalue weighted by atomic mass is 10.1. The highest BCUT2D eigenvalue weighted by molar-refractivity contribution is 6.06. The van der Waals surface area contributed by atoms with E-state index in [1.807, 2.05) is 12.1 Å². The summed E-state index contributed by atoms with van der Waals surface area (Å²) in [5.41, 5.74) is 2.28. The van der Waals surface area contributed by atoms with Gasteiger partial charge in [0, 0.05) is 42.8 Å². The third-order valence-corrected chi connectivity index (χ3v) is 6.28. The van der Waals surface area contributed by atoms with Crippen LogP contribution in [0.5, 0.6) is 0 Å². The van der Waals surface area contributed by atoms with Gasteiger partial charge in [0.05, 0.1) is 11.4 Å². The second kappa shape index (κ2) is 14.2. The first kappa shape index (κ1) is 31.6. The fourth-order valence-electron chi connectivity index (χ4n) is 4.13. The Labute approximate surface area is 254 Å². The quantitative estimate of drug-likeness (QED) is 0.187. The number of amides is 4. The maximum atomic E-state index is 13.7. The van der Waals surface area contributed by atoms with Gasteiger partial charge in [-0.15, -0.1) is 0 Å². The molecule has 1 heterocycles. The molecule has 4 aromatic rings. The number of rotatable bonds is 9. The third kappa shape index (κ3) is 9.35. The van der Waals surface area contributed by atoms with Crippen molar-refractivity contribution in [1.82, 2.24) is 9.88 Å². The Morgan fingerprint density at radius 1 is 0.795 bits per heavy atom. The molecule has 4 rings (SSSR count). The summed E-state index contributed by atoms with van der Waals surface area (Å²) in [5.74, 6) is -2.48. The average molecular weight is 602 g/mol. The molecule has 11 heteroatoms. The fourth-order valence-corrected chi connectivity index (χ4v) is 4.13. The van der Waals surface area contributed by atoms with Gasteiger partial charge < -0.3 is 20.3 Å². The number of halogens is 2. The molecule has 4 amide bonds. The Morgan fingerprint density at radius 2 is 1.45 bits per heavy atom. The Kier molecular flexibility index (Phi) is 10.2. The summed E-state index contributed by atoms with van der Waals surface area (Å²) < 4.78 is 32.4. The highest BCUT2D eigenvalue weighted by Gasteiger charge is 2.19. The highest BCUT2D eigenvalue weighted by atomic mass is 19.2. The van der Waals surface area contributed by atoms with E-state index in [4.69, 9.17) is 4.74 Å². The van der Waals surface area contributed by atoms with Crippen molar-refractivity contribution in [3.05, 3.63) is 120 Å². The first-order chi connectivity index (χ1) is 21.0. The molecule has 0 aliphatic heterocycles. The molecule has 3 N–H and O–H groups in total. The van der Waals surface area contributed by atoms with E-state index in [0.29, 0.717) is 29.9 Å². The number of benzene rings is 3. The lowest BCUT2D eigenvalue weighted by Crippen LogP contribution is -2.36. The topological polar surface area (TPSA) is 113 Å². The molecule has 0 aliphatic rings. The van der Waals surface area contributed by atoms with Crippen molar-refractivity contribution in [3.8, 4) is 0 Å². The third-order valence-electron chi connectivity index (χ3n) is 6.28. The van der Waals surface area contributed by atoms with E-state index in [2.05, 4.69) is 20.9 Å². The summed E-state index contributed by atoms with van der Waals surface area (Å²) in [6.45, 7) is 5.77. The molecule has 1 aromatic heterocycles. The van der Waals surface area contributed by atoms with Crippen LogP contribution in [0.15, 0.2) is 91.3 Å². The number of urea groups is 1. The predicted molar refractivity (Wildman–Crippen MR) is 164 cm³/mol. The zero-order valence-electron chi connectivity index (χ0n) is 24.6. The summed E-state index contributed by atoms with van der Waals surface area (Å²) in [4.78, 5) is 44.0. The normalized spacial score (nSPS) is 10.9. The van der Waals surface area contributed by atoms with E-state index >= 15 is 0 Å². The number of ether oxygens (including phenoxy) is 1. The molecule has 9 nitrogen and oxygen atoms in total. The van der Waals surface area contributed by atoms with E-state index in [-0.39, 0.29) is 12.2 Å². The number of carbonyl (C=O) groups excluding carboxylic acids is 3. The zero-order chi connectivity index (χ0) is 31.7.